The molecule has 4 rings (SSSR count). The lowest BCUT2D eigenvalue weighted by Crippen LogP contribution is -2.40. The van der Waals surface area contributed by atoms with Gasteiger partial charge in [-0.1, -0.05) is 16.8 Å². The maximum Gasteiger partial charge on any atom is 0.253 e. The number of amides is 1. The van der Waals surface area contributed by atoms with Crippen LogP contribution in [0.2, 0.25) is 5.02 Å². The van der Waals surface area contributed by atoms with Crippen molar-refractivity contribution in [2.75, 3.05) is 31.2 Å². The molecule has 2 fully saturated rings. The van der Waals surface area contributed by atoms with Crippen LogP contribution in [0, 0.1) is 12.8 Å². The van der Waals surface area contributed by atoms with E-state index in [1.165, 1.54) is 19.3 Å². The van der Waals surface area contributed by atoms with Gasteiger partial charge < -0.3 is 19.5 Å². The number of carbonyl (C=O) groups is 1. The Morgan fingerprint density at radius 3 is 2.82 bits per heavy atom. The first kappa shape index (κ1) is 19.3. The zero-order chi connectivity index (χ0) is 19.5. The molecule has 1 N–H and O–H groups in total. The molecule has 1 aromatic heterocycles. The fourth-order valence-electron chi connectivity index (χ4n) is 4.01. The van der Waals surface area contributed by atoms with Gasteiger partial charge in [0.05, 0.1) is 35.5 Å². The van der Waals surface area contributed by atoms with Crippen molar-refractivity contribution >= 4 is 23.2 Å². The van der Waals surface area contributed by atoms with Crippen LogP contribution in [0.5, 0.6) is 0 Å². The summed E-state index contributed by atoms with van der Waals surface area (Å²) in [7, 11) is 0. The van der Waals surface area contributed by atoms with Crippen molar-refractivity contribution in [1.29, 1.82) is 0 Å². The molecular weight excluding hydrogens is 378 g/mol. The lowest BCUT2D eigenvalue weighted by molar-refractivity contribution is 0.0924. The van der Waals surface area contributed by atoms with Gasteiger partial charge in [0.15, 0.2) is 0 Å². The first-order valence-corrected chi connectivity index (χ1v) is 10.3. The fraction of sp³-hybridized carbons (Fsp3) is 0.524. The molecule has 6 nitrogen and oxygen atoms in total. The summed E-state index contributed by atoms with van der Waals surface area (Å²) in [4.78, 5) is 15.3. The largest absolute Gasteiger partial charge is 0.379 e. The summed E-state index contributed by atoms with van der Waals surface area (Å²) >= 11 is 6.35. The monoisotopic (exact) mass is 403 g/mol. The highest BCUT2D eigenvalue weighted by Gasteiger charge is 2.31. The van der Waals surface area contributed by atoms with E-state index in [0.29, 0.717) is 30.2 Å². The SMILES string of the molecule is Cc1cc(CC2COCC2NC(=O)c2cc(N3CCCCC3)ccc2Cl)on1. The summed E-state index contributed by atoms with van der Waals surface area (Å²) in [6, 6.07) is 7.58. The summed E-state index contributed by atoms with van der Waals surface area (Å²) in [5, 5.41) is 7.52. The summed E-state index contributed by atoms with van der Waals surface area (Å²) in [5.74, 6) is 0.816. The topological polar surface area (TPSA) is 67.6 Å². The third-order valence-corrected chi connectivity index (χ3v) is 5.90. The van der Waals surface area contributed by atoms with Crippen molar-refractivity contribution in [3.8, 4) is 0 Å². The van der Waals surface area contributed by atoms with E-state index in [-0.39, 0.29) is 17.9 Å². The third-order valence-electron chi connectivity index (χ3n) is 5.57. The number of aryl methyl sites for hydroxylation is 1. The Hall–Kier alpha value is -2.05. The standard InChI is InChI=1S/C21H26ClN3O3/c1-14-9-17(28-24-14)10-15-12-27-13-20(15)23-21(26)18-11-16(5-6-19(18)22)25-7-3-2-4-8-25/h5-6,9,11,15,20H,2-4,7-8,10,12-13H2,1H3,(H,23,26). The zero-order valence-electron chi connectivity index (χ0n) is 16.1. The Morgan fingerprint density at radius 1 is 1.25 bits per heavy atom. The van der Waals surface area contributed by atoms with Gasteiger partial charge in [-0.05, 0) is 44.4 Å². The molecular formula is C21H26ClN3O3. The predicted molar refractivity (Wildman–Crippen MR) is 108 cm³/mol. The van der Waals surface area contributed by atoms with Crippen LogP contribution in [0.25, 0.3) is 0 Å². The number of nitrogens with one attached hydrogen (secondary N) is 1. The fourth-order valence-corrected chi connectivity index (χ4v) is 4.22. The van der Waals surface area contributed by atoms with Gasteiger partial charge in [-0.2, -0.15) is 0 Å². The number of hydrogen-bond donors (Lipinski definition) is 1. The number of carbonyl (C=O) groups excluding carboxylic acids is 1. The van der Waals surface area contributed by atoms with Gasteiger partial charge >= 0.3 is 0 Å². The van der Waals surface area contributed by atoms with E-state index < -0.39 is 0 Å². The molecule has 7 heteroatoms. The van der Waals surface area contributed by atoms with Gasteiger partial charge in [0.1, 0.15) is 5.76 Å². The molecule has 0 bridgehead atoms. The van der Waals surface area contributed by atoms with Crippen LogP contribution in [-0.2, 0) is 11.2 Å². The quantitative estimate of drug-likeness (QED) is 0.825. The second kappa shape index (κ2) is 8.53. The molecule has 0 radical (unpaired) electrons. The van der Waals surface area contributed by atoms with Crippen molar-refractivity contribution < 1.29 is 14.1 Å². The lowest BCUT2D eigenvalue weighted by Gasteiger charge is -2.29. The lowest BCUT2D eigenvalue weighted by atomic mass is 9.97. The average molecular weight is 404 g/mol. The summed E-state index contributed by atoms with van der Waals surface area (Å²) in [6.07, 6.45) is 4.33. The van der Waals surface area contributed by atoms with E-state index >= 15 is 0 Å². The minimum absolute atomic E-state index is 0.0763. The molecule has 150 valence electrons. The highest BCUT2D eigenvalue weighted by Crippen LogP contribution is 2.27. The van der Waals surface area contributed by atoms with Crippen LogP contribution in [0.15, 0.2) is 28.8 Å². The Labute approximate surface area is 170 Å². The maximum absolute atomic E-state index is 13.0. The number of aromatic nitrogens is 1. The molecule has 3 heterocycles. The molecule has 28 heavy (non-hydrogen) atoms. The molecule has 2 aliphatic heterocycles. The average Bonchev–Trinajstić information content (AvgIpc) is 3.32. The van der Waals surface area contributed by atoms with Crippen LogP contribution < -0.4 is 10.2 Å². The van der Waals surface area contributed by atoms with Gasteiger partial charge in [-0.15, -0.1) is 0 Å². The molecule has 1 aromatic carbocycles. The van der Waals surface area contributed by atoms with E-state index in [0.717, 1.165) is 30.2 Å². The van der Waals surface area contributed by atoms with Crippen LogP contribution in [0.1, 0.15) is 41.1 Å². The second-order valence-electron chi connectivity index (χ2n) is 7.73. The van der Waals surface area contributed by atoms with Crippen molar-refractivity contribution in [2.24, 2.45) is 5.92 Å². The normalized spacial score (nSPS) is 22.4. The van der Waals surface area contributed by atoms with E-state index in [9.17, 15) is 4.79 Å². The van der Waals surface area contributed by atoms with E-state index in [1.807, 2.05) is 31.2 Å². The number of ether oxygens (including phenoxy) is 1. The number of anilines is 1. The van der Waals surface area contributed by atoms with Crippen molar-refractivity contribution in [1.82, 2.24) is 10.5 Å². The van der Waals surface area contributed by atoms with E-state index in [2.05, 4.69) is 15.4 Å². The van der Waals surface area contributed by atoms with Gasteiger partial charge in [-0.25, -0.2) is 0 Å². The van der Waals surface area contributed by atoms with Crippen LogP contribution >= 0.6 is 11.6 Å². The Balaban J connectivity index is 1.45. The van der Waals surface area contributed by atoms with E-state index in [1.54, 1.807) is 0 Å². The van der Waals surface area contributed by atoms with Gasteiger partial charge in [-0.3, -0.25) is 4.79 Å². The number of hydrogen-bond acceptors (Lipinski definition) is 5. The van der Waals surface area contributed by atoms with Crippen LogP contribution in [-0.4, -0.2) is 43.4 Å². The Bertz CT molecular complexity index is 832. The maximum atomic E-state index is 13.0. The third kappa shape index (κ3) is 4.33. The Kier molecular flexibility index (Phi) is 5.87. The van der Waals surface area contributed by atoms with Gasteiger partial charge in [0.25, 0.3) is 5.91 Å². The highest BCUT2D eigenvalue weighted by atomic mass is 35.5. The smallest absolute Gasteiger partial charge is 0.253 e. The van der Waals surface area contributed by atoms with Crippen LogP contribution in [0.4, 0.5) is 5.69 Å². The molecule has 0 spiro atoms. The number of rotatable bonds is 5. The number of piperidine rings is 1. The molecule has 2 aromatic rings. The number of halogens is 1. The van der Waals surface area contributed by atoms with E-state index in [4.69, 9.17) is 20.9 Å². The highest BCUT2D eigenvalue weighted by molar-refractivity contribution is 6.34. The van der Waals surface area contributed by atoms with Gasteiger partial charge in [0, 0.05) is 37.2 Å². The van der Waals surface area contributed by atoms with Crippen LogP contribution in [0.3, 0.4) is 0 Å². The second-order valence-corrected chi connectivity index (χ2v) is 8.14. The molecule has 2 unspecified atom stereocenters. The van der Waals surface area contributed by atoms with Crippen molar-refractivity contribution in [2.45, 2.75) is 38.6 Å². The molecule has 2 atom stereocenters. The number of benzene rings is 1. The molecule has 0 saturated carbocycles. The summed E-state index contributed by atoms with van der Waals surface area (Å²) in [5.41, 5.74) is 2.44. The minimum atomic E-state index is -0.155. The minimum Gasteiger partial charge on any atom is -0.379 e. The predicted octanol–water partition coefficient (Wildman–Crippen LogP) is 3.61. The first-order chi connectivity index (χ1) is 13.6. The molecule has 0 aliphatic carbocycles. The Morgan fingerprint density at radius 2 is 2.07 bits per heavy atom. The summed E-state index contributed by atoms with van der Waals surface area (Å²) in [6.45, 7) is 5.03. The van der Waals surface area contributed by atoms with Crippen molar-refractivity contribution in [3.05, 3.63) is 46.3 Å². The summed E-state index contributed by atoms with van der Waals surface area (Å²) < 4.78 is 10.9. The van der Waals surface area contributed by atoms with Gasteiger partial charge in [0.2, 0.25) is 0 Å². The molecule has 2 aliphatic rings. The van der Waals surface area contributed by atoms with Crippen molar-refractivity contribution in [3.63, 3.8) is 0 Å². The first-order valence-electron chi connectivity index (χ1n) is 9.95. The zero-order valence-corrected chi connectivity index (χ0v) is 16.9. The molecule has 2 saturated heterocycles. The molecule has 1 amide bonds. The number of nitrogens with zero attached hydrogens (tertiary/aromatic N) is 2.